The summed E-state index contributed by atoms with van der Waals surface area (Å²) in [5.74, 6) is 1.74. The van der Waals surface area contributed by atoms with Gasteiger partial charge in [0.05, 0.1) is 0 Å². The van der Waals surface area contributed by atoms with Crippen LogP contribution in [0, 0.1) is 0 Å². The number of hydrogen-bond donors (Lipinski definition) is 0. The van der Waals surface area contributed by atoms with E-state index in [1.807, 2.05) is 19.9 Å². The number of ether oxygens (including phenoxy) is 2. The summed E-state index contributed by atoms with van der Waals surface area (Å²) in [6, 6.07) is 6.18. The van der Waals surface area contributed by atoms with E-state index in [-0.39, 0.29) is 5.41 Å². The van der Waals surface area contributed by atoms with Gasteiger partial charge in [-0.3, -0.25) is 0 Å². The maximum absolute atomic E-state index is 5.53. The van der Waals surface area contributed by atoms with E-state index in [0.717, 1.165) is 11.5 Å². The second kappa shape index (κ2) is 5.24. The van der Waals surface area contributed by atoms with Crippen molar-refractivity contribution in [3.05, 3.63) is 23.8 Å². The van der Waals surface area contributed by atoms with Crippen molar-refractivity contribution in [3.63, 3.8) is 0 Å². The van der Waals surface area contributed by atoms with E-state index in [2.05, 4.69) is 32.9 Å². The Balaban J connectivity index is 0.000000606. The van der Waals surface area contributed by atoms with Gasteiger partial charge in [0.2, 0.25) is 0 Å². The zero-order chi connectivity index (χ0) is 12.2. The lowest BCUT2D eigenvalue weighted by molar-refractivity contribution is 0.171. The second-order valence-corrected chi connectivity index (χ2v) is 4.61. The highest BCUT2D eigenvalue weighted by molar-refractivity contribution is 5.45. The first-order valence-electron chi connectivity index (χ1n) is 5.97. The summed E-state index contributed by atoms with van der Waals surface area (Å²) in [4.78, 5) is 0. The molecule has 0 saturated carbocycles. The zero-order valence-electron chi connectivity index (χ0n) is 11.0. The quantitative estimate of drug-likeness (QED) is 0.665. The van der Waals surface area contributed by atoms with Gasteiger partial charge in [-0.25, -0.2) is 0 Å². The summed E-state index contributed by atoms with van der Waals surface area (Å²) >= 11 is 0. The van der Waals surface area contributed by atoms with Gasteiger partial charge in [-0.2, -0.15) is 0 Å². The molecule has 2 rings (SSSR count). The minimum atomic E-state index is 0.163. The van der Waals surface area contributed by atoms with Gasteiger partial charge in [0.25, 0.3) is 0 Å². The molecule has 1 aliphatic rings. The van der Waals surface area contributed by atoms with Crippen molar-refractivity contribution in [2.75, 3.05) is 13.2 Å². The van der Waals surface area contributed by atoms with Crippen molar-refractivity contribution in [3.8, 4) is 11.5 Å². The van der Waals surface area contributed by atoms with Gasteiger partial charge >= 0.3 is 0 Å². The number of rotatable bonds is 0. The maximum Gasteiger partial charge on any atom is 0.161 e. The molecule has 0 aromatic heterocycles. The smallest absolute Gasteiger partial charge is 0.161 e. The first-order chi connectivity index (χ1) is 7.57. The van der Waals surface area contributed by atoms with Crippen LogP contribution in [0.3, 0.4) is 0 Å². The SMILES string of the molecule is CC.CC(C)(C)c1ccc2c(c1)OCCO2. The molecule has 0 spiro atoms. The van der Waals surface area contributed by atoms with Gasteiger partial charge in [0.1, 0.15) is 13.2 Å². The highest BCUT2D eigenvalue weighted by Crippen LogP contribution is 2.34. The van der Waals surface area contributed by atoms with Crippen molar-refractivity contribution < 1.29 is 9.47 Å². The van der Waals surface area contributed by atoms with Crippen LogP contribution < -0.4 is 9.47 Å². The molecule has 0 aliphatic carbocycles. The van der Waals surface area contributed by atoms with Gasteiger partial charge in [-0.05, 0) is 23.1 Å². The van der Waals surface area contributed by atoms with Crippen LogP contribution in [0.4, 0.5) is 0 Å². The maximum atomic E-state index is 5.53. The van der Waals surface area contributed by atoms with E-state index in [1.165, 1.54) is 5.56 Å². The summed E-state index contributed by atoms with van der Waals surface area (Å²) < 4.78 is 11.0. The Kier molecular flexibility index (Phi) is 4.22. The van der Waals surface area contributed by atoms with Crippen LogP contribution in [0.25, 0.3) is 0 Å². The first-order valence-corrected chi connectivity index (χ1v) is 5.97. The standard InChI is InChI=1S/C12H16O2.C2H6/c1-12(2,3)9-4-5-10-11(8-9)14-7-6-13-10;1-2/h4-5,8H,6-7H2,1-3H3;1-2H3. The molecule has 0 atom stereocenters. The molecular formula is C14H22O2. The number of hydrogen-bond acceptors (Lipinski definition) is 2. The van der Waals surface area contributed by atoms with E-state index < -0.39 is 0 Å². The third kappa shape index (κ3) is 2.91. The van der Waals surface area contributed by atoms with E-state index in [4.69, 9.17) is 9.47 Å². The predicted octanol–water partition coefficient (Wildman–Crippen LogP) is 3.78. The summed E-state index contributed by atoms with van der Waals surface area (Å²) in [7, 11) is 0. The molecule has 90 valence electrons. The average Bonchev–Trinajstić information content (AvgIpc) is 2.30. The van der Waals surface area contributed by atoms with Crippen LogP contribution in [-0.4, -0.2) is 13.2 Å². The van der Waals surface area contributed by atoms with Crippen LogP contribution in [0.2, 0.25) is 0 Å². The first kappa shape index (κ1) is 12.9. The van der Waals surface area contributed by atoms with Gasteiger partial charge in [0, 0.05) is 0 Å². The number of benzene rings is 1. The molecule has 0 amide bonds. The molecule has 0 unspecified atom stereocenters. The van der Waals surface area contributed by atoms with E-state index >= 15 is 0 Å². The van der Waals surface area contributed by atoms with Crippen LogP contribution in [0.1, 0.15) is 40.2 Å². The van der Waals surface area contributed by atoms with Gasteiger partial charge < -0.3 is 9.47 Å². The molecule has 1 aliphatic heterocycles. The Morgan fingerprint density at radius 3 is 2.06 bits per heavy atom. The Morgan fingerprint density at radius 1 is 0.938 bits per heavy atom. The minimum absolute atomic E-state index is 0.163. The van der Waals surface area contributed by atoms with E-state index in [0.29, 0.717) is 13.2 Å². The molecule has 2 nitrogen and oxygen atoms in total. The third-order valence-electron chi connectivity index (χ3n) is 2.41. The fourth-order valence-electron chi connectivity index (χ4n) is 1.51. The predicted molar refractivity (Wildman–Crippen MR) is 67.5 cm³/mol. The van der Waals surface area contributed by atoms with Crippen LogP contribution in [0.5, 0.6) is 11.5 Å². The van der Waals surface area contributed by atoms with Crippen molar-refractivity contribution in [1.82, 2.24) is 0 Å². The van der Waals surface area contributed by atoms with Gasteiger partial charge in [-0.15, -0.1) is 0 Å². The average molecular weight is 222 g/mol. The molecule has 16 heavy (non-hydrogen) atoms. The Labute approximate surface area is 98.6 Å². The molecule has 0 radical (unpaired) electrons. The van der Waals surface area contributed by atoms with E-state index in [1.54, 1.807) is 0 Å². The van der Waals surface area contributed by atoms with Crippen LogP contribution >= 0.6 is 0 Å². The lowest BCUT2D eigenvalue weighted by atomic mass is 9.87. The lowest BCUT2D eigenvalue weighted by Gasteiger charge is -2.23. The molecule has 1 aromatic rings. The fraction of sp³-hybridized carbons (Fsp3) is 0.571. The zero-order valence-corrected chi connectivity index (χ0v) is 11.0. The van der Waals surface area contributed by atoms with Crippen molar-refractivity contribution in [2.24, 2.45) is 0 Å². The van der Waals surface area contributed by atoms with E-state index in [9.17, 15) is 0 Å². The van der Waals surface area contributed by atoms with Crippen LogP contribution in [-0.2, 0) is 5.41 Å². The Morgan fingerprint density at radius 2 is 1.50 bits per heavy atom. The Hall–Kier alpha value is -1.18. The molecule has 0 saturated heterocycles. The molecule has 0 fully saturated rings. The molecular weight excluding hydrogens is 200 g/mol. The molecule has 0 bridgehead atoms. The minimum Gasteiger partial charge on any atom is -0.486 e. The fourth-order valence-corrected chi connectivity index (χ4v) is 1.51. The monoisotopic (exact) mass is 222 g/mol. The van der Waals surface area contributed by atoms with Crippen LogP contribution in [0.15, 0.2) is 18.2 Å². The summed E-state index contributed by atoms with van der Waals surface area (Å²) in [6.45, 7) is 11.9. The van der Waals surface area contributed by atoms with Crippen molar-refractivity contribution in [1.29, 1.82) is 0 Å². The number of fused-ring (bicyclic) bond motifs is 1. The third-order valence-corrected chi connectivity index (χ3v) is 2.41. The highest BCUT2D eigenvalue weighted by atomic mass is 16.6. The lowest BCUT2D eigenvalue weighted by Crippen LogP contribution is -2.17. The second-order valence-electron chi connectivity index (χ2n) is 4.61. The van der Waals surface area contributed by atoms with Crippen molar-refractivity contribution in [2.45, 2.75) is 40.0 Å². The largest absolute Gasteiger partial charge is 0.486 e. The van der Waals surface area contributed by atoms with Gasteiger partial charge in [0.15, 0.2) is 11.5 Å². The Bertz CT molecular complexity index is 337. The molecule has 1 aromatic carbocycles. The normalized spacial score (nSPS) is 13.8. The summed E-state index contributed by atoms with van der Waals surface area (Å²) in [5, 5.41) is 0. The summed E-state index contributed by atoms with van der Waals surface area (Å²) in [6.07, 6.45) is 0. The molecule has 0 N–H and O–H groups in total. The highest BCUT2D eigenvalue weighted by Gasteiger charge is 2.18. The van der Waals surface area contributed by atoms with Gasteiger partial charge in [-0.1, -0.05) is 40.7 Å². The molecule has 1 heterocycles. The molecule has 2 heteroatoms. The topological polar surface area (TPSA) is 18.5 Å². The summed E-state index contributed by atoms with van der Waals surface area (Å²) in [5.41, 5.74) is 1.44. The van der Waals surface area contributed by atoms with Crippen molar-refractivity contribution >= 4 is 0 Å².